The fourth-order valence-electron chi connectivity index (χ4n) is 4.26. The van der Waals surface area contributed by atoms with Gasteiger partial charge in [0.1, 0.15) is 23.4 Å². The lowest BCUT2D eigenvalue weighted by Crippen LogP contribution is -2.36. The SMILES string of the molecule is COc1cc(C(=O)NCc2ccc(C(=N)N)cc2N(C)C(C(N)=O)c2cccc(C)c2)cc(OC)c1C. The Labute approximate surface area is 216 Å². The standard InChI is InChI=1S/C28H33N5O4/c1-16-7-6-8-18(11-16)25(27(31)34)33(3)22-12-19(26(29)30)9-10-20(22)15-32-28(35)21-13-23(36-4)17(2)24(14-21)37-5/h6-14,25H,15H2,1-5H3,(H3,29,30)(H2,31,34)(H,32,35). The normalized spacial score (nSPS) is 11.4. The zero-order chi connectivity index (χ0) is 27.3. The molecule has 0 bridgehead atoms. The monoisotopic (exact) mass is 503 g/mol. The van der Waals surface area contributed by atoms with Crippen molar-refractivity contribution in [3.8, 4) is 11.5 Å². The molecule has 0 heterocycles. The molecule has 0 radical (unpaired) electrons. The number of amides is 2. The Bertz CT molecular complexity index is 1310. The van der Waals surface area contributed by atoms with E-state index in [4.69, 9.17) is 26.4 Å². The molecule has 3 rings (SSSR count). The lowest BCUT2D eigenvalue weighted by molar-refractivity contribution is -0.119. The zero-order valence-electron chi connectivity index (χ0n) is 21.7. The van der Waals surface area contributed by atoms with Crippen molar-refractivity contribution < 1.29 is 19.1 Å². The van der Waals surface area contributed by atoms with Crippen molar-refractivity contribution in [1.82, 2.24) is 5.32 Å². The molecule has 0 aromatic heterocycles. The number of nitrogens with one attached hydrogen (secondary N) is 2. The van der Waals surface area contributed by atoms with E-state index in [2.05, 4.69) is 5.32 Å². The molecular weight excluding hydrogens is 470 g/mol. The van der Waals surface area contributed by atoms with Crippen LogP contribution < -0.4 is 31.2 Å². The summed E-state index contributed by atoms with van der Waals surface area (Å²) >= 11 is 0. The van der Waals surface area contributed by atoms with Crippen LogP contribution in [0.5, 0.6) is 11.5 Å². The second-order valence-corrected chi connectivity index (χ2v) is 8.78. The van der Waals surface area contributed by atoms with Crippen LogP contribution >= 0.6 is 0 Å². The first-order valence-corrected chi connectivity index (χ1v) is 11.6. The molecule has 0 saturated carbocycles. The molecule has 194 valence electrons. The molecule has 0 spiro atoms. The van der Waals surface area contributed by atoms with E-state index < -0.39 is 11.9 Å². The topological polar surface area (TPSA) is 144 Å². The Morgan fingerprint density at radius 2 is 1.62 bits per heavy atom. The molecular formula is C28H33N5O4. The maximum atomic E-state index is 13.1. The van der Waals surface area contributed by atoms with E-state index in [-0.39, 0.29) is 18.3 Å². The molecule has 0 fully saturated rings. The summed E-state index contributed by atoms with van der Waals surface area (Å²) < 4.78 is 10.8. The quantitative estimate of drug-likeness (QED) is 0.247. The molecule has 37 heavy (non-hydrogen) atoms. The summed E-state index contributed by atoms with van der Waals surface area (Å²) in [6.07, 6.45) is 0. The van der Waals surface area contributed by atoms with E-state index in [9.17, 15) is 9.59 Å². The fraction of sp³-hybridized carbons (Fsp3) is 0.250. The van der Waals surface area contributed by atoms with Crippen LogP contribution in [0.25, 0.3) is 0 Å². The average molecular weight is 504 g/mol. The van der Waals surface area contributed by atoms with Crippen LogP contribution in [0.15, 0.2) is 54.6 Å². The van der Waals surface area contributed by atoms with Crippen molar-refractivity contribution in [2.75, 3.05) is 26.2 Å². The van der Waals surface area contributed by atoms with Gasteiger partial charge in [0.2, 0.25) is 5.91 Å². The lowest BCUT2D eigenvalue weighted by Gasteiger charge is -2.30. The number of hydrogen-bond donors (Lipinski definition) is 4. The summed E-state index contributed by atoms with van der Waals surface area (Å²) in [6, 6.07) is 15.3. The minimum atomic E-state index is -0.776. The molecule has 6 N–H and O–H groups in total. The van der Waals surface area contributed by atoms with Crippen LogP contribution in [0.2, 0.25) is 0 Å². The van der Waals surface area contributed by atoms with Gasteiger partial charge in [0, 0.05) is 36.0 Å². The highest BCUT2D eigenvalue weighted by atomic mass is 16.5. The van der Waals surface area contributed by atoms with Gasteiger partial charge in [-0.05, 0) is 43.2 Å². The summed E-state index contributed by atoms with van der Waals surface area (Å²) in [5.74, 6) is 0.104. The molecule has 0 aliphatic heterocycles. The van der Waals surface area contributed by atoms with Gasteiger partial charge in [-0.2, -0.15) is 0 Å². The van der Waals surface area contributed by atoms with Crippen molar-refractivity contribution in [3.63, 3.8) is 0 Å². The van der Waals surface area contributed by atoms with E-state index >= 15 is 0 Å². The van der Waals surface area contributed by atoms with E-state index in [1.807, 2.05) is 38.1 Å². The van der Waals surface area contributed by atoms with E-state index in [1.165, 1.54) is 14.2 Å². The predicted octanol–water partition coefficient (Wildman–Crippen LogP) is 3.20. The number of anilines is 1. The largest absolute Gasteiger partial charge is 0.496 e. The van der Waals surface area contributed by atoms with Gasteiger partial charge < -0.3 is 31.2 Å². The number of nitrogens with zero attached hydrogens (tertiary/aromatic N) is 1. The van der Waals surface area contributed by atoms with Gasteiger partial charge in [0.05, 0.1) is 14.2 Å². The number of aryl methyl sites for hydroxylation is 1. The second-order valence-electron chi connectivity index (χ2n) is 8.78. The number of amidine groups is 1. The van der Waals surface area contributed by atoms with Crippen molar-refractivity contribution >= 4 is 23.3 Å². The maximum absolute atomic E-state index is 13.1. The van der Waals surface area contributed by atoms with Gasteiger partial charge in [-0.3, -0.25) is 15.0 Å². The van der Waals surface area contributed by atoms with Crippen molar-refractivity contribution in [2.45, 2.75) is 26.4 Å². The average Bonchev–Trinajstić information content (AvgIpc) is 2.87. The Hall–Kier alpha value is -4.53. The smallest absolute Gasteiger partial charge is 0.251 e. The third kappa shape index (κ3) is 6.00. The first kappa shape index (κ1) is 27.1. The molecule has 9 heteroatoms. The first-order valence-electron chi connectivity index (χ1n) is 11.6. The zero-order valence-corrected chi connectivity index (χ0v) is 21.7. The summed E-state index contributed by atoms with van der Waals surface area (Å²) in [6.45, 7) is 3.93. The number of rotatable bonds is 10. The van der Waals surface area contributed by atoms with Crippen LogP contribution in [-0.2, 0) is 11.3 Å². The van der Waals surface area contributed by atoms with Crippen LogP contribution in [-0.4, -0.2) is 38.9 Å². The van der Waals surface area contributed by atoms with Gasteiger partial charge >= 0.3 is 0 Å². The Balaban J connectivity index is 1.97. The maximum Gasteiger partial charge on any atom is 0.251 e. The van der Waals surface area contributed by atoms with E-state index in [0.717, 1.165) is 16.7 Å². The minimum Gasteiger partial charge on any atom is -0.496 e. The van der Waals surface area contributed by atoms with Crippen LogP contribution in [0.4, 0.5) is 5.69 Å². The number of primary amides is 1. The van der Waals surface area contributed by atoms with Gasteiger partial charge in [0.25, 0.3) is 5.91 Å². The highest BCUT2D eigenvalue weighted by Gasteiger charge is 2.26. The number of carbonyl (C=O) groups excluding carboxylic acids is 2. The van der Waals surface area contributed by atoms with Crippen molar-refractivity contribution in [1.29, 1.82) is 5.41 Å². The highest BCUT2D eigenvalue weighted by molar-refractivity contribution is 5.97. The summed E-state index contributed by atoms with van der Waals surface area (Å²) in [4.78, 5) is 27.4. The fourth-order valence-corrected chi connectivity index (χ4v) is 4.26. The van der Waals surface area contributed by atoms with Crippen LogP contribution in [0, 0.1) is 19.3 Å². The summed E-state index contributed by atoms with van der Waals surface area (Å²) in [5, 5.41) is 10.8. The summed E-state index contributed by atoms with van der Waals surface area (Å²) in [5.41, 5.74) is 16.3. The van der Waals surface area contributed by atoms with Gasteiger partial charge in [-0.25, -0.2) is 0 Å². The minimum absolute atomic E-state index is 0.115. The lowest BCUT2D eigenvalue weighted by atomic mass is 10.00. The van der Waals surface area contributed by atoms with E-state index in [1.54, 1.807) is 42.3 Å². The molecule has 0 aliphatic rings. The highest BCUT2D eigenvalue weighted by Crippen LogP contribution is 2.31. The third-order valence-electron chi connectivity index (χ3n) is 6.24. The van der Waals surface area contributed by atoms with Crippen molar-refractivity contribution in [2.24, 2.45) is 11.5 Å². The number of ether oxygens (including phenoxy) is 2. The second kappa shape index (κ2) is 11.5. The Morgan fingerprint density at radius 1 is 0.973 bits per heavy atom. The molecule has 2 amide bonds. The molecule has 3 aromatic rings. The Kier molecular flexibility index (Phi) is 8.39. The number of nitrogens with two attached hydrogens (primary N) is 2. The van der Waals surface area contributed by atoms with Gasteiger partial charge in [-0.1, -0.05) is 42.0 Å². The molecule has 0 saturated heterocycles. The number of carbonyl (C=O) groups is 2. The molecule has 1 atom stereocenters. The van der Waals surface area contributed by atoms with Gasteiger partial charge in [0.15, 0.2) is 0 Å². The third-order valence-corrected chi connectivity index (χ3v) is 6.24. The van der Waals surface area contributed by atoms with Crippen LogP contribution in [0.1, 0.15) is 44.2 Å². The van der Waals surface area contributed by atoms with E-state index in [0.29, 0.717) is 33.9 Å². The van der Waals surface area contributed by atoms with Crippen molar-refractivity contribution in [3.05, 3.63) is 88.0 Å². The number of hydrogen-bond acceptors (Lipinski definition) is 6. The van der Waals surface area contributed by atoms with Gasteiger partial charge in [-0.15, -0.1) is 0 Å². The number of nitrogen functional groups attached to an aromatic ring is 1. The van der Waals surface area contributed by atoms with Crippen LogP contribution in [0.3, 0.4) is 0 Å². The first-order chi connectivity index (χ1) is 17.6. The number of benzene rings is 3. The number of likely N-dealkylation sites (N-methyl/N-ethyl adjacent to an activating group) is 1. The number of methoxy groups -OCH3 is 2. The molecule has 0 aliphatic carbocycles. The predicted molar refractivity (Wildman–Crippen MR) is 144 cm³/mol. The Morgan fingerprint density at radius 3 is 2.16 bits per heavy atom. The molecule has 1 unspecified atom stereocenters. The molecule has 3 aromatic carbocycles. The summed E-state index contributed by atoms with van der Waals surface area (Å²) in [7, 11) is 4.81. The molecule has 9 nitrogen and oxygen atoms in total.